The van der Waals surface area contributed by atoms with Crippen LogP contribution in [0.3, 0.4) is 0 Å². The zero-order valence-electron chi connectivity index (χ0n) is 66.1. The molecule has 16 rings (SSSR count). The Kier molecular flexibility index (Phi) is 27.8. The first kappa shape index (κ1) is 94.1. The fraction of sp³-hybridized carbons (Fsp3) is 0.0952. The number of fused-ring (bicyclic) bond motifs is 4. The molecule has 0 aliphatic carbocycles. The number of aromatic amines is 4. The summed E-state index contributed by atoms with van der Waals surface area (Å²) in [6, 6.07) is 31.3. The van der Waals surface area contributed by atoms with Crippen molar-refractivity contribution >= 4 is 211 Å². The topological polar surface area (TPSA) is 419 Å². The number of benzene rings is 4. The van der Waals surface area contributed by atoms with E-state index in [1.807, 2.05) is 6.92 Å². The molecule has 0 fully saturated rings. The van der Waals surface area contributed by atoms with Crippen molar-refractivity contribution in [3.05, 3.63) is 327 Å². The molecule has 8 N–H and O–H groups in total. The van der Waals surface area contributed by atoms with E-state index in [-0.39, 0.29) is 104 Å². The van der Waals surface area contributed by atoms with Gasteiger partial charge in [0.2, 0.25) is 23.1 Å². The van der Waals surface area contributed by atoms with E-state index >= 15 is 0 Å². The molecule has 0 atom stereocenters. The standard InChI is InChI=1S/C22H16ClF3N4O3S.C21H13Cl2F3N4O3S.C21H16Cl2N4O3S.C20H14Cl2N4O3S/c1-2-12-3-4-14(10-17(12)22(24,25)26)34(32,33)30-18-9-13(23)11-29-19(18)20(31)15-5-7-27-21-16(15)6-8-28-21;1-10-16(23)9-17(18(29-10)19(31)12-4-6-27-20-13(12)5-7-28-20)30-34(32,33)11-2-3-15(22)14(8-11)21(24,25)26;1-2-12-9-14(3-4-17(12)23)31(29,30)27-18-10-13(22)11-26-19(18)20(28)15-5-7-24-21-16(15)6-8-25-21;1-11-8-13(2-3-16(11)22)30(28,29)26-17-9-12(21)10-25-18(17)19(27)14-4-6-23-20-15(14)5-7-24-20/h3-11,30H,2H2,1H3,(H,27,28);2-9,30H,1H3,(H,27,28);3-11,27H,2H2,1H3,(H,24,25);2-10,26H,1H3,(H,23,24). The molecule has 662 valence electrons. The highest BCUT2D eigenvalue weighted by molar-refractivity contribution is 7.93. The van der Waals surface area contributed by atoms with Crippen LogP contribution in [0.1, 0.15) is 112 Å². The summed E-state index contributed by atoms with van der Waals surface area (Å²) in [4.78, 5) is 96.2. The number of rotatable bonds is 22. The van der Waals surface area contributed by atoms with Crippen molar-refractivity contribution in [3.8, 4) is 0 Å². The Bertz CT molecular complexity index is 7670. The number of hydrogen-bond donors (Lipinski definition) is 8. The number of nitrogens with zero attached hydrogens (tertiary/aromatic N) is 8. The van der Waals surface area contributed by atoms with Crippen LogP contribution >= 0.6 is 81.2 Å². The number of carbonyl (C=O) groups is 4. The largest absolute Gasteiger partial charge is 0.417 e. The van der Waals surface area contributed by atoms with E-state index in [9.17, 15) is 79.2 Å². The van der Waals surface area contributed by atoms with E-state index in [1.54, 1.807) is 68.1 Å². The number of anilines is 4. The number of ketones is 4. The number of aromatic nitrogens is 12. The van der Waals surface area contributed by atoms with Crippen LogP contribution in [-0.2, 0) is 65.3 Å². The summed E-state index contributed by atoms with van der Waals surface area (Å²) in [5, 5.41) is 2.86. The van der Waals surface area contributed by atoms with E-state index in [0.717, 1.165) is 24.3 Å². The maximum absolute atomic E-state index is 13.4. The first-order valence-corrected chi connectivity index (χ1v) is 45.8. The fourth-order valence-electron chi connectivity index (χ4n) is 12.8. The molecular weight excluding hydrogens is 1920 g/mol. The van der Waals surface area contributed by atoms with Crippen molar-refractivity contribution < 1.29 is 79.2 Å². The van der Waals surface area contributed by atoms with E-state index < -0.39 is 102 Å². The maximum atomic E-state index is 13.4. The Morgan fingerprint density at radius 2 is 0.651 bits per heavy atom. The van der Waals surface area contributed by atoms with Crippen LogP contribution in [0.25, 0.3) is 44.1 Å². The summed E-state index contributed by atoms with van der Waals surface area (Å²) >= 11 is 41.8. The minimum Gasteiger partial charge on any atom is -0.346 e. The third-order valence-corrected chi connectivity index (χ3v) is 26.7. The quantitative estimate of drug-likeness (QED) is 0.0231. The van der Waals surface area contributed by atoms with Crippen molar-refractivity contribution in [2.24, 2.45) is 0 Å². The van der Waals surface area contributed by atoms with E-state index in [1.165, 1.54) is 130 Å². The van der Waals surface area contributed by atoms with Crippen molar-refractivity contribution in [1.29, 1.82) is 0 Å². The first-order valence-electron chi connectivity index (χ1n) is 37.2. The molecule has 12 heterocycles. The minimum absolute atomic E-state index is 0.000268. The van der Waals surface area contributed by atoms with Gasteiger partial charge in [0.15, 0.2) is 0 Å². The van der Waals surface area contributed by atoms with Gasteiger partial charge in [0.1, 0.15) is 45.4 Å². The van der Waals surface area contributed by atoms with Crippen molar-refractivity contribution in [2.75, 3.05) is 18.9 Å². The minimum atomic E-state index is -4.87. The highest BCUT2D eigenvalue weighted by Crippen LogP contribution is 2.40. The summed E-state index contributed by atoms with van der Waals surface area (Å²) in [5.41, 5.74) is 0.788. The molecule has 0 radical (unpaired) electrons. The molecular formula is C84H59Cl7F6N16O12S4. The van der Waals surface area contributed by atoms with Gasteiger partial charge in [-0.15, -0.1) is 0 Å². The second kappa shape index (κ2) is 38.1. The summed E-state index contributed by atoms with van der Waals surface area (Å²) in [7, 11) is -17.2. The third-order valence-electron chi connectivity index (χ3n) is 19.2. The molecule has 0 saturated carbocycles. The van der Waals surface area contributed by atoms with Crippen LogP contribution in [0.15, 0.2) is 233 Å². The molecule has 0 amide bonds. The number of hydrogen-bond acceptors (Lipinski definition) is 20. The number of sulfonamides is 4. The van der Waals surface area contributed by atoms with Crippen LogP contribution in [0, 0.1) is 13.8 Å². The molecule has 0 bridgehead atoms. The summed E-state index contributed by atoms with van der Waals surface area (Å²) in [6.45, 7) is 6.62. The maximum Gasteiger partial charge on any atom is 0.417 e. The Labute approximate surface area is 763 Å². The van der Waals surface area contributed by atoms with Gasteiger partial charge in [0.25, 0.3) is 40.1 Å². The molecule has 0 saturated heterocycles. The third kappa shape index (κ3) is 21.0. The zero-order valence-corrected chi connectivity index (χ0v) is 74.7. The van der Waals surface area contributed by atoms with Crippen molar-refractivity contribution in [1.82, 2.24) is 59.8 Å². The van der Waals surface area contributed by atoms with E-state index in [2.05, 4.69) is 78.7 Å². The van der Waals surface area contributed by atoms with Gasteiger partial charge in [-0.25, -0.2) is 73.5 Å². The normalized spacial score (nSPS) is 11.9. The molecule has 129 heavy (non-hydrogen) atoms. The van der Waals surface area contributed by atoms with Gasteiger partial charge in [-0.3, -0.25) is 38.1 Å². The predicted molar refractivity (Wildman–Crippen MR) is 477 cm³/mol. The Balaban J connectivity index is 0.000000147. The van der Waals surface area contributed by atoms with Crippen LogP contribution < -0.4 is 18.9 Å². The van der Waals surface area contributed by atoms with E-state index in [0.29, 0.717) is 95.0 Å². The highest BCUT2D eigenvalue weighted by atomic mass is 35.5. The van der Waals surface area contributed by atoms with Crippen molar-refractivity contribution in [2.45, 2.75) is 72.5 Å². The molecule has 45 heteroatoms. The molecule has 28 nitrogen and oxygen atoms in total. The monoisotopic (exact) mass is 1970 g/mol. The summed E-state index contributed by atoms with van der Waals surface area (Å²) in [5.74, 6) is -2.20. The zero-order chi connectivity index (χ0) is 93.1. The number of nitrogens with one attached hydrogen (secondary N) is 8. The number of halogens is 13. The lowest BCUT2D eigenvalue weighted by Crippen LogP contribution is -2.18. The van der Waals surface area contributed by atoms with Gasteiger partial charge >= 0.3 is 12.4 Å². The van der Waals surface area contributed by atoms with Gasteiger partial charge in [0.05, 0.1) is 84.3 Å². The molecule has 0 unspecified atom stereocenters. The van der Waals surface area contributed by atoms with Gasteiger partial charge in [-0.2, -0.15) is 26.3 Å². The Hall–Kier alpha value is -12.5. The van der Waals surface area contributed by atoms with Gasteiger partial charge in [-0.1, -0.05) is 101 Å². The molecule has 16 aromatic rings. The lowest BCUT2D eigenvalue weighted by Gasteiger charge is -2.15. The van der Waals surface area contributed by atoms with Crippen molar-refractivity contribution in [3.63, 3.8) is 0 Å². The second-order valence-corrected chi connectivity index (χ2v) is 37.2. The lowest BCUT2D eigenvalue weighted by atomic mass is 10.0. The van der Waals surface area contributed by atoms with Gasteiger partial charge in [-0.05, 0) is 183 Å². The van der Waals surface area contributed by atoms with Crippen LogP contribution in [-0.4, -0.2) is 117 Å². The summed E-state index contributed by atoms with van der Waals surface area (Å²) in [6.07, 6.45) is 7.05. The van der Waals surface area contributed by atoms with Crippen LogP contribution in [0.5, 0.6) is 0 Å². The second-order valence-electron chi connectivity index (χ2n) is 27.6. The Morgan fingerprint density at radius 3 is 1.00 bits per heavy atom. The molecule has 0 aliphatic rings. The smallest absolute Gasteiger partial charge is 0.346 e. The summed E-state index contributed by atoms with van der Waals surface area (Å²) < 4.78 is 193. The van der Waals surface area contributed by atoms with Crippen LogP contribution in [0.4, 0.5) is 49.1 Å². The number of alkyl halides is 6. The molecule has 12 aromatic heterocycles. The van der Waals surface area contributed by atoms with Gasteiger partial charge < -0.3 is 19.9 Å². The Morgan fingerprint density at radius 1 is 0.341 bits per heavy atom. The fourth-order valence-corrected chi connectivity index (χ4v) is 18.5. The van der Waals surface area contributed by atoms with E-state index in [4.69, 9.17) is 81.2 Å². The number of aryl methyl sites for hydroxylation is 4. The SMILES string of the molecule is CCc1cc(S(=O)(=O)Nc2cc(Cl)cnc2C(=O)c2ccnc3[nH]ccc23)ccc1Cl.CCc1ccc(S(=O)(=O)Nc2cc(Cl)cnc2C(=O)c2ccnc3[nH]ccc23)cc1C(F)(F)F.Cc1cc(S(=O)(=O)Nc2cc(Cl)cnc2C(=O)c2ccnc3[nH]ccc23)ccc1Cl.Cc1nc(C(=O)c2ccnc3[nH]ccc23)c(NS(=O)(=O)c2ccc(Cl)c(C(F)(F)F)c2)cc1Cl. The first-order chi connectivity index (χ1) is 60.9. The van der Waals surface area contributed by atoms with Crippen LogP contribution in [0.2, 0.25) is 35.2 Å². The molecule has 0 aliphatic heterocycles. The predicted octanol–water partition coefficient (Wildman–Crippen LogP) is 20.3. The molecule has 0 spiro atoms. The average molecular weight is 1970 g/mol. The highest BCUT2D eigenvalue weighted by Gasteiger charge is 2.38. The molecule has 4 aromatic carbocycles. The lowest BCUT2D eigenvalue weighted by molar-refractivity contribution is -0.138. The average Bonchev–Trinajstić information content (AvgIpc) is 1.19. The number of pyridine rings is 8. The number of carbonyl (C=O) groups excluding carboxylic acids is 4. The van der Waals surface area contributed by atoms with Gasteiger partial charge in [0, 0.05) is 122 Å². The number of H-pyrrole nitrogens is 4.